The van der Waals surface area contributed by atoms with E-state index in [1.54, 1.807) is 22.2 Å². The number of aliphatic hydroxyl groups is 1. The highest BCUT2D eigenvalue weighted by Crippen LogP contribution is 2.43. The van der Waals surface area contributed by atoms with Crippen LogP contribution in [0.1, 0.15) is 36.1 Å². The van der Waals surface area contributed by atoms with E-state index in [1.807, 2.05) is 0 Å². The Morgan fingerprint density at radius 1 is 1.52 bits per heavy atom. The third-order valence-corrected chi connectivity index (χ3v) is 5.27. The largest absolute Gasteiger partial charge is 0.395 e. The Morgan fingerprint density at radius 3 is 3.29 bits per heavy atom. The van der Waals surface area contributed by atoms with Gasteiger partial charge in [0.25, 0.3) is 0 Å². The second-order valence-electron chi connectivity index (χ2n) is 5.49. The van der Waals surface area contributed by atoms with Gasteiger partial charge in [0.1, 0.15) is 11.2 Å². The molecular weight excluding hydrogens is 286 g/mol. The SMILES string of the molecule is C[C@@H]1CCCc2sc3nc(NCCO)n4ncnc4c3c21. The molecule has 1 aliphatic rings. The average molecular weight is 303 g/mol. The lowest BCUT2D eigenvalue weighted by molar-refractivity contribution is 0.310. The summed E-state index contributed by atoms with van der Waals surface area (Å²) >= 11 is 1.77. The normalized spacial score (nSPS) is 18.3. The van der Waals surface area contributed by atoms with E-state index in [2.05, 4.69) is 22.3 Å². The van der Waals surface area contributed by atoms with Gasteiger partial charge in [-0.15, -0.1) is 11.3 Å². The second-order valence-corrected chi connectivity index (χ2v) is 6.58. The maximum atomic E-state index is 9.00. The van der Waals surface area contributed by atoms with Gasteiger partial charge in [0.05, 0.1) is 12.0 Å². The van der Waals surface area contributed by atoms with Crippen molar-refractivity contribution >= 4 is 33.1 Å². The summed E-state index contributed by atoms with van der Waals surface area (Å²) in [5.74, 6) is 1.20. The first-order valence-electron chi connectivity index (χ1n) is 7.29. The molecule has 0 amide bonds. The summed E-state index contributed by atoms with van der Waals surface area (Å²) in [5.41, 5.74) is 2.28. The van der Waals surface area contributed by atoms with Crippen LogP contribution >= 0.6 is 11.3 Å². The summed E-state index contributed by atoms with van der Waals surface area (Å²) in [5, 5.41) is 17.6. The lowest BCUT2D eigenvalue weighted by atomic mass is 9.87. The van der Waals surface area contributed by atoms with Crippen LogP contribution in [0, 0.1) is 0 Å². The summed E-state index contributed by atoms with van der Waals surface area (Å²) in [6.07, 6.45) is 5.18. The zero-order valence-electron chi connectivity index (χ0n) is 11.8. The Morgan fingerprint density at radius 2 is 2.43 bits per heavy atom. The predicted octanol–water partition coefficient (Wildman–Crippen LogP) is 2.18. The lowest BCUT2D eigenvalue weighted by Gasteiger charge is -2.18. The van der Waals surface area contributed by atoms with Gasteiger partial charge in [-0.25, -0.2) is 9.97 Å². The van der Waals surface area contributed by atoms with Gasteiger partial charge in [0, 0.05) is 11.4 Å². The highest BCUT2D eigenvalue weighted by molar-refractivity contribution is 7.19. The highest BCUT2D eigenvalue weighted by Gasteiger charge is 2.25. The molecule has 4 rings (SSSR count). The Bertz CT molecular complexity index is 809. The zero-order valence-corrected chi connectivity index (χ0v) is 12.7. The number of aliphatic hydroxyl groups excluding tert-OH is 1. The molecule has 0 unspecified atom stereocenters. The van der Waals surface area contributed by atoms with Gasteiger partial charge in [-0.05, 0) is 30.7 Å². The molecule has 0 fully saturated rings. The first-order chi connectivity index (χ1) is 10.3. The summed E-state index contributed by atoms with van der Waals surface area (Å²) in [4.78, 5) is 11.6. The van der Waals surface area contributed by atoms with Gasteiger partial charge in [-0.2, -0.15) is 9.61 Å². The monoisotopic (exact) mass is 303 g/mol. The maximum Gasteiger partial charge on any atom is 0.227 e. The van der Waals surface area contributed by atoms with Crippen molar-refractivity contribution in [1.29, 1.82) is 0 Å². The standard InChI is InChI=1S/C14H17N5OS/c1-8-3-2-4-9-10(8)11-12-16-7-17-19(12)14(15-5-6-20)18-13(11)21-9/h7-8,20H,2-6H2,1H3,(H,15,18)/t8-/m1/s1. The van der Waals surface area contributed by atoms with E-state index in [9.17, 15) is 0 Å². The first kappa shape index (κ1) is 13.0. The number of hydrogen-bond acceptors (Lipinski definition) is 6. The van der Waals surface area contributed by atoms with Gasteiger partial charge in [0.2, 0.25) is 5.95 Å². The molecule has 0 bridgehead atoms. The lowest BCUT2D eigenvalue weighted by Crippen LogP contribution is -2.11. The fraction of sp³-hybridized carbons (Fsp3) is 0.500. The van der Waals surface area contributed by atoms with Crippen molar-refractivity contribution in [2.45, 2.75) is 32.1 Å². The molecular formula is C14H17N5OS. The second kappa shape index (κ2) is 4.92. The van der Waals surface area contributed by atoms with Crippen molar-refractivity contribution in [3.63, 3.8) is 0 Å². The molecule has 2 N–H and O–H groups in total. The van der Waals surface area contributed by atoms with E-state index in [0.717, 1.165) is 22.3 Å². The number of fused-ring (bicyclic) bond motifs is 5. The van der Waals surface area contributed by atoms with Gasteiger partial charge in [0.15, 0.2) is 5.65 Å². The molecule has 3 aromatic heterocycles. The van der Waals surface area contributed by atoms with Crippen LogP contribution in [-0.4, -0.2) is 37.8 Å². The molecule has 110 valence electrons. The topological polar surface area (TPSA) is 75.3 Å². The van der Waals surface area contributed by atoms with Gasteiger partial charge < -0.3 is 10.4 Å². The molecule has 3 aromatic rings. The fourth-order valence-corrected chi connectivity index (χ4v) is 4.51. The van der Waals surface area contributed by atoms with Gasteiger partial charge in [-0.3, -0.25) is 0 Å². The molecule has 1 aliphatic carbocycles. The minimum atomic E-state index is 0.0634. The van der Waals surface area contributed by atoms with Crippen LogP contribution < -0.4 is 5.32 Å². The fourth-order valence-electron chi connectivity index (χ4n) is 3.18. The molecule has 0 aromatic carbocycles. The van der Waals surface area contributed by atoms with Crippen molar-refractivity contribution in [3.8, 4) is 0 Å². The minimum Gasteiger partial charge on any atom is -0.395 e. The van der Waals surface area contributed by atoms with Crippen molar-refractivity contribution in [3.05, 3.63) is 16.8 Å². The first-order valence-corrected chi connectivity index (χ1v) is 8.11. The molecule has 1 atom stereocenters. The molecule has 6 nitrogen and oxygen atoms in total. The average Bonchev–Trinajstić information content (AvgIpc) is 3.08. The van der Waals surface area contributed by atoms with Crippen molar-refractivity contribution in [2.75, 3.05) is 18.5 Å². The Kier molecular flexibility index (Phi) is 3.04. The van der Waals surface area contributed by atoms with Crippen molar-refractivity contribution in [2.24, 2.45) is 0 Å². The third-order valence-electron chi connectivity index (χ3n) is 4.11. The van der Waals surface area contributed by atoms with E-state index < -0.39 is 0 Å². The molecule has 0 saturated heterocycles. The number of rotatable bonds is 3. The van der Waals surface area contributed by atoms with Gasteiger partial charge in [-0.1, -0.05) is 6.92 Å². The highest BCUT2D eigenvalue weighted by atomic mass is 32.1. The van der Waals surface area contributed by atoms with Crippen molar-refractivity contribution in [1.82, 2.24) is 19.6 Å². The smallest absolute Gasteiger partial charge is 0.227 e. The third kappa shape index (κ3) is 1.91. The molecule has 7 heteroatoms. The number of aromatic nitrogens is 4. The van der Waals surface area contributed by atoms with Crippen LogP contribution in [0.4, 0.5) is 5.95 Å². The summed E-state index contributed by atoms with van der Waals surface area (Å²) < 4.78 is 1.74. The molecule has 0 aliphatic heterocycles. The van der Waals surface area contributed by atoms with E-state index >= 15 is 0 Å². The molecule has 0 spiro atoms. The molecule has 21 heavy (non-hydrogen) atoms. The molecule has 3 heterocycles. The number of nitrogens with zero attached hydrogens (tertiary/aromatic N) is 4. The van der Waals surface area contributed by atoms with Crippen LogP contribution in [0.5, 0.6) is 0 Å². The minimum absolute atomic E-state index is 0.0634. The van der Waals surface area contributed by atoms with Crippen LogP contribution in [0.3, 0.4) is 0 Å². The Balaban J connectivity index is 2.01. The predicted molar refractivity (Wildman–Crippen MR) is 83.1 cm³/mol. The van der Waals surface area contributed by atoms with E-state index in [4.69, 9.17) is 10.1 Å². The summed E-state index contributed by atoms with van der Waals surface area (Å²) in [6.45, 7) is 2.80. The Hall–Kier alpha value is -1.73. The van der Waals surface area contributed by atoms with E-state index in [1.165, 1.54) is 23.3 Å². The summed E-state index contributed by atoms with van der Waals surface area (Å²) in [7, 11) is 0. The molecule has 0 radical (unpaired) electrons. The van der Waals surface area contributed by atoms with Crippen LogP contribution in [-0.2, 0) is 6.42 Å². The number of thiophene rings is 1. The Labute approximate surface area is 125 Å². The van der Waals surface area contributed by atoms with E-state index in [0.29, 0.717) is 18.4 Å². The number of nitrogens with one attached hydrogen (secondary N) is 1. The maximum absolute atomic E-state index is 9.00. The zero-order chi connectivity index (χ0) is 14.4. The van der Waals surface area contributed by atoms with E-state index in [-0.39, 0.29) is 6.61 Å². The van der Waals surface area contributed by atoms with Crippen molar-refractivity contribution < 1.29 is 5.11 Å². The van der Waals surface area contributed by atoms with Crippen LogP contribution in [0.2, 0.25) is 0 Å². The number of hydrogen-bond donors (Lipinski definition) is 2. The quantitative estimate of drug-likeness (QED) is 0.775. The number of anilines is 1. The van der Waals surface area contributed by atoms with Crippen LogP contribution in [0.25, 0.3) is 15.9 Å². The van der Waals surface area contributed by atoms with Gasteiger partial charge >= 0.3 is 0 Å². The summed E-state index contributed by atoms with van der Waals surface area (Å²) in [6, 6.07) is 0. The molecule has 0 saturated carbocycles. The number of aryl methyl sites for hydroxylation is 1. The van der Waals surface area contributed by atoms with Crippen LogP contribution in [0.15, 0.2) is 6.33 Å².